The maximum absolute atomic E-state index is 12.3. The van der Waals surface area contributed by atoms with Gasteiger partial charge in [-0.2, -0.15) is 5.10 Å². The number of aliphatic hydroxyl groups is 1. The Kier molecular flexibility index (Phi) is 5.70. The first-order valence-electron chi connectivity index (χ1n) is 8.81. The van der Waals surface area contributed by atoms with Crippen LogP contribution >= 0.6 is 0 Å². The van der Waals surface area contributed by atoms with E-state index in [1.165, 1.54) is 5.56 Å². The molecule has 1 saturated heterocycles. The number of hydrogen-bond acceptors (Lipinski definition) is 5. The SMILES string of the molecule is Cc1ccccc1C[C@]1(CO)CN(CC(=O)Nc2ccn(C)n2)CCO1. The van der Waals surface area contributed by atoms with E-state index in [1.807, 2.05) is 17.0 Å². The van der Waals surface area contributed by atoms with Gasteiger partial charge in [0.2, 0.25) is 5.91 Å². The highest BCUT2D eigenvalue weighted by molar-refractivity contribution is 5.91. The summed E-state index contributed by atoms with van der Waals surface area (Å²) in [6, 6.07) is 9.87. The van der Waals surface area contributed by atoms with Crippen LogP contribution in [0.5, 0.6) is 0 Å². The van der Waals surface area contributed by atoms with Crippen LogP contribution in [0.4, 0.5) is 5.82 Å². The molecule has 1 fully saturated rings. The molecule has 0 radical (unpaired) electrons. The van der Waals surface area contributed by atoms with Crippen LogP contribution in [-0.4, -0.2) is 64.1 Å². The number of ether oxygens (including phenoxy) is 1. The second kappa shape index (κ2) is 7.99. The smallest absolute Gasteiger partial charge is 0.239 e. The van der Waals surface area contributed by atoms with Gasteiger partial charge in [0.25, 0.3) is 0 Å². The minimum atomic E-state index is -0.685. The maximum Gasteiger partial charge on any atom is 0.239 e. The lowest BCUT2D eigenvalue weighted by atomic mass is 9.91. The lowest BCUT2D eigenvalue weighted by Crippen LogP contribution is -2.56. The molecular weight excluding hydrogens is 332 g/mol. The summed E-state index contributed by atoms with van der Waals surface area (Å²) in [5.74, 6) is 0.424. The molecular formula is C19H26N4O3. The summed E-state index contributed by atoms with van der Waals surface area (Å²) >= 11 is 0. The van der Waals surface area contributed by atoms with Gasteiger partial charge in [-0.05, 0) is 18.1 Å². The van der Waals surface area contributed by atoms with Crippen LogP contribution in [0, 0.1) is 6.92 Å². The molecule has 0 aliphatic carbocycles. The molecule has 1 aromatic heterocycles. The number of nitrogens with zero attached hydrogens (tertiary/aromatic N) is 3. The number of carbonyl (C=O) groups excluding carboxylic acids is 1. The number of anilines is 1. The van der Waals surface area contributed by atoms with E-state index in [0.717, 1.165) is 5.56 Å². The average molecular weight is 358 g/mol. The molecule has 7 heteroatoms. The van der Waals surface area contributed by atoms with Gasteiger partial charge in [-0.3, -0.25) is 14.4 Å². The van der Waals surface area contributed by atoms with Crippen molar-refractivity contribution >= 4 is 11.7 Å². The van der Waals surface area contributed by atoms with Crippen molar-refractivity contribution in [2.24, 2.45) is 7.05 Å². The number of hydrogen-bond donors (Lipinski definition) is 2. The summed E-state index contributed by atoms with van der Waals surface area (Å²) in [5.41, 5.74) is 1.64. The Balaban J connectivity index is 1.63. The quantitative estimate of drug-likeness (QED) is 0.805. The van der Waals surface area contributed by atoms with Crippen molar-refractivity contribution in [3.8, 4) is 0 Å². The van der Waals surface area contributed by atoms with E-state index in [1.54, 1.807) is 24.0 Å². The molecule has 2 aromatic rings. The predicted molar refractivity (Wildman–Crippen MR) is 98.9 cm³/mol. The fourth-order valence-corrected chi connectivity index (χ4v) is 3.34. The van der Waals surface area contributed by atoms with Gasteiger partial charge in [0, 0.05) is 38.8 Å². The van der Waals surface area contributed by atoms with Crippen molar-refractivity contribution in [1.29, 1.82) is 0 Å². The minimum Gasteiger partial charge on any atom is -0.393 e. The zero-order valence-corrected chi connectivity index (χ0v) is 15.3. The van der Waals surface area contributed by atoms with Gasteiger partial charge in [0.05, 0.1) is 19.8 Å². The van der Waals surface area contributed by atoms with Gasteiger partial charge < -0.3 is 15.2 Å². The van der Waals surface area contributed by atoms with Gasteiger partial charge in [-0.15, -0.1) is 0 Å². The highest BCUT2D eigenvalue weighted by Gasteiger charge is 2.37. The third-order valence-electron chi connectivity index (χ3n) is 4.74. The van der Waals surface area contributed by atoms with Gasteiger partial charge in [-0.1, -0.05) is 24.3 Å². The fraction of sp³-hybridized carbons (Fsp3) is 0.474. The Morgan fingerprint density at radius 3 is 2.88 bits per heavy atom. The maximum atomic E-state index is 12.3. The van der Waals surface area contributed by atoms with Crippen molar-refractivity contribution in [3.05, 3.63) is 47.7 Å². The second-order valence-corrected chi connectivity index (χ2v) is 6.93. The molecule has 1 atom stereocenters. The first kappa shape index (κ1) is 18.6. The third-order valence-corrected chi connectivity index (χ3v) is 4.74. The van der Waals surface area contributed by atoms with E-state index in [2.05, 4.69) is 29.5 Å². The van der Waals surface area contributed by atoms with Gasteiger partial charge in [0.1, 0.15) is 5.60 Å². The molecule has 0 bridgehead atoms. The first-order valence-corrected chi connectivity index (χ1v) is 8.81. The van der Waals surface area contributed by atoms with E-state index in [9.17, 15) is 9.90 Å². The molecule has 1 aliphatic heterocycles. The Labute approximate surface area is 153 Å². The van der Waals surface area contributed by atoms with Crippen molar-refractivity contribution in [2.75, 3.05) is 38.2 Å². The number of aryl methyl sites for hydroxylation is 2. The molecule has 1 aromatic carbocycles. The molecule has 0 saturated carbocycles. The van der Waals surface area contributed by atoms with Crippen LogP contribution in [0.2, 0.25) is 0 Å². The van der Waals surface area contributed by atoms with E-state index < -0.39 is 5.60 Å². The van der Waals surface area contributed by atoms with E-state index >= 15 is 0 Å². The monoisotopic (exact) mass is 358 g/mol. The van der Waals surface area contributed by atoms with Crippen molar-refractivity contribution in [2.45, 2.75) is 18.9 Å². The summed E-state index contributed by atoms with van der Waals surface area (Å²) in [4.78, 5) is 14.3. The van der Waals surface area contributed by atoms with E-state index in [4.69, 9.17) is 4.74 Å². The molecule has 2 N–H and O–H groups in total. The minimum absolute atomic E-state index is 0.0836. The van der Waals surface area contributed by atoms with E-state index in [0.29, 0.717) is 31.9 Å². The summed E-state index contributed by atoms with van der Waals surface area (Å²) in [7, 11) is 1.80. The summed E-state index contributed by atoms with van der Waals surface area (Å²) in [6.45, 7) is 3.87. The van der Waals surface area contributed by atoms with Crippen LogP contribution < -0.4 is 5.32 Å². The van der Waals surface area contributed by atoms with Gasteiger partial charge in [0.15, 0.2) is 5.82 Å². The number of benzene rings is 1. The Morgan fingerprint density at radius 1 is 1.38 bits per heavy atom. The molecule has 2 heterocycles. The number of morpholine rings is 1. The molecule has 1 amide bonds. The molecule has 3 rings (SSSR count). The second-order valence-electron chi connectivity index (χ2n) is 6.93. The zero-order valence-electron chi connectivity index (χ0n) is 15.3. The number of rotatable bonds is 6. The first-order chi connectivity index (χ1) is 12.5. The van der Waals surface area contributed by atoms with Crippen LogP contribution in [-0.2, 0) is 23.0 Å². The standard InChI is InChI=1S/C19H26N4O3/c1-15-5-3-4-6-16(15)11-19(14-24)13-23(9-10-26-19)12-18(25)20-17-7-8-22(2)21-17/h3-8,24H,9-14H2,1-2H3,(H,20,21,25)/t19-/m1/s1. The van der Waals surface area contributed by atoms with Crippen molar-refractivity contribution < 1.29 is 14.6 Å². The average Bonchev–Trinajstić information content (AvgIpc) is 3.02. The van der Waals surface area contributed by atoms with Crippen molar-refractivity contribution in [3.63, 3.8) is 0 Å². The summed E-state index contributed by atoms with van der Waals surface area (Å²) < 4.78 is 7.61. The number of aliphatic hydroxyl groups excluding tert-OH is 1. The molecule has 7 nitrogen and oxygen atoms in total. The molecule has 1 aliphatic rings. The Hall–Kier alpha value is -2.22. The van der Waals surface area contributed by atoms with E-state index in [-0.39, 0.29) is 19.1 Å². The van der Waals surface area contributed by atoms with Crippen molar-refractivity contribution in [1.82, 2.24) is 14.7 Å². The lowest BCUT2D eigenvalue weighted by Gasteiger charge is -2.41. The number of nitrogens with one attached hydrogen (secondary N) is 1. The van der Waals surface area contributed by atoms with Gasteiger partial charge in [-0.25, -0.2) is 0 Å². The van der Waals surface area contributed by atoms with Gasteiger partial charge >= 0.3 is 0 Å². The number of carbonyl (C=O) groups is 1. The van der Waals surface area contributed by atoms with Crippen LogP contribution in [0.3, 0.4) is 0 Å². The highest BCUT2D eigenvalue weighted by atomic mass is 16.5. The van der Waals surface area contributed by atoms with Crippen LogP contribution in [0.1, 0.15) is 11.1 Å². The molecule has 0 spiro atoms. The zero-order chi connectivity index (χ0) is 18.6. The fourth-order valence-electron chi connectivity index (χ4n) is 3.34. The normalized spacial score (nSPS) is 20.9. The number of amides is 1. The Morgan fingerprint density at radius 2 is 2.19 bits per heavy atom. The third kappa shape index (κ3) is 4.49. The van der Waals surface area contributed by atoms with Crippen LogP contribution in [0.15, 0.2) is 36.5 Å². The summed E-state index contributed by atoms with van der Waals surface area (Å²) in [5, 5.41) is 17.0. The topological polar surface area (TPSA) is 79.6 Å². The predicted octanol–water partition coefficient (Wildman–Crippen LogP) is 0.973. The largest absolute Gasteiger partial charge is 0.393 e. The lowest BCUT2D eigenvalue weighted by molar-refractivity contribution is -0.138. The number of aromatic nitrogens is 2. The molecule has 0 unspecified atom stereocenters. The molecule has 26 heavy (non-hydrogen) atoms. The Bertz CT molecular complexity index is 761. The highest BCUT2D eigenvalue weighted by Crippen LogP contribution is 2.24. The summed E-state index contributed by atoms with van der Waals surface area (Å²) in [6.07, 6.45) is 2.40. The molecule has 140 valence electrons. The van der Waals surface area contributed by atoms with Crippen LogP contribution in [0.25, 0.3) is 0 Å².